The number of anilines is 1. The summed E-state index contributed by atoms with van der Waals surface area (Å²) in [5.41, 5.74) is 1.01. The Morgan fingerprint density at radius 3 is 2.64 bits per heavy atom. The van der Waals surface area contributed by atoms with E-state index in [1.807, 2.05) is 0 Å². The number of nitro groups is 1. The van der Waals surface area contributed by atoms with Gasteiger partial charge in [0, 0.05) is 24.6 Å². The van der Waals surface area contributed by atoms with Crippen molar-refractivity contribution in [2.24, 2.45) is 0 Å². The third kappa shape index (κ3) is 9.95. The smallest absolute Gasteiger partial charge is 0.344 e. The van der Waals surface area contributed by atoms with Crippen LogP contribution in [0.15, 0.2) is 42.5 Å². The van der Waals surface area contributed by atoms with Gasteiger partial charge in [-0.05, 0) is 24.1 Å². The molecule has 0 saturated carbocycles. The number of non-ortho nitro benzene ring substituents is 1. The van der Waals surface area contributed by atoms with Crippen LogP contribution >= 0.6 is 12.2 Å². The van der Waals surface area contributed by atoms with Gasteiger partial charge in [0.15, 0.2) is 6.61 Å². The minimum atomic E-state index is -0.530. The topological polar surface area (TPSA) is 90.7 Å². The Kier molecular flexibility index (Phi) is 11.2. The van der Waals surface area contributed by atoms with Gasteiger partial charge in [-0.25, -0.2) is 9.18 Å². The first-order valence-electron chi connectivity index (χ1n) is 11.0. The van der Waals surface area contributed by atoms with Gasteiger partial charge < -0.3 is 14.8 Å². The SMILES string of the molecule is CCCCCCCCOC(=O)COc1cc(F)ccc1NC(=S)Cc1cccc([N+](=O)[O-])c1. The molecular weight excluding hydrogens is 447 g/mol. The molecule has 0 radical (unpaired) electrons. The number of carbonyl (C=O) groups is 1. The maximum atomic E-state index is 13.7. The lowest BCUT2D eigenvalue weighted by Gasteiger charge is -2.14. The first-order chi connectivity index (χ1) is 15.9. The Bertz CT molecular complexity index is 954. The van der Waals surface area contributed by atoms with Crippen LogP contribution in [0.2, 0.25) is 0 Å². The van der Waals surface area contributed by atoms with Crippen LogP contribution in [0.5, 0.6) is 5.75 Å². The summed E-state index contributed by atoms with van der Waals surface area (Å²) >= 11 is 5.34. The maximum Gasteiger partial charge on any atom is 0.344 e. The lowest BCUT2D eigenvalue weighted by molar-refractivity contribution is -0.384. The van der Waals surface area contributed by atoms with Gasteiger partial charge in [0.1, 0.15) is 11.6 Å². The van der Waals surface area contributed by atoms with Crippen molar-refractivity contribution in [2.75, 3.05) is 18.5 Å². The monoisotopic (exact) mass is 476 g/mol. The number of hydrogen-bond donors (Lipinski definition) is 1. The predicted octanol–water partition coefficient (Wildman–Crippen LogP) is 6.00. The van der Waals surface area contributed by atoms with Crippen LogP contribution < -0.4 is 10.1 Å². The first kappa shape index (κ1) is 26.2. The second-order valence-corrected chi connectivity index (χ2v) is 8.06. The zero-order chi connectivity index (χ0) is 24.1. The second-order valence-electron chi connectivity index (χ2n) is 7.57. The van der Waals surface area contributed by atoms with Crippen molar-refractivity contribution in [3.8, 4) is 5.75 Å². The summed E-state index contributed by atoms with van der Waals surface area (Å²) in [6.45, 7) is 2.13. The molecule has 0 aromatic heterocycles. The number of ether oxygens (including phenoxy) is 2. The maximum absolute atomic E-state index is 13.7. The third-order valence-electron chi connectivity index (χ3n) is 4.81. The number of nitrogens with one attached hydrogen (secondary N) is 1. The summed E-state index contributed by atoms with van der Waals surface area (Å²) in [5.74, 6) is -0.938. The quantitative estimate of drug-likeness (QED) is 0.118. The normalized spacial score (nSPS) is 10.5. The van der Waals surface area contributed by atoms with Crippen LogP contribution in [0, 0.1) is 15.9 Å². The van der Waals surface area contributed by atoms with Crippen LogP contribution in [-0.2, 0) is 16.0 Å². The van der Waals surface area contributed by atoms with Gasteiger partial charge in [-0.2, -0.15) is 0 Å². The highest BCUT2D eigenvalue weighted by Crippen LogP contribution is 2.26. The molecule has 33 heavy (non-hydrogen) atoms. The molecule has 0 atom stereocenters. The number of thiocarbonyl (C=S) groups is 1. The molecule has 0 aliphatic heterocycles. The largest absolute Gasteiger partial charge is 0.480 e. The van der Waals surface area contributed by atoms with E-state index in [1.54, 1.807) is 12.1 Å². The molecule has 0 aliphatic rings. The summed E-state index contributed by atoms with van der Waals surface area (Å²) in [4.78, 5) is 22.8. The van der Waals surface area contributed by atoms with Gasteiger partial charge in [-0.15, -0.1) is 0 Å². The molecule has 0 unspecified atom stereocenters. The van der Waals surface area contributed by atoms with Gasteiger partial charge >= 0.3 is 5.97 Å². The minimum Gasteiger partial charge on any atom is -0.480 e. The van der Waals surface area contributed by atoms with Crippen LogP contribution in [-0.4, -0.2) is 29.1 Å². The van der Waals surface area contributed by atoms with Gasteiger partial charge in [0.25, 0.3) is 5.69 Å². The third-order valence-corrected chi connectivity index (χ3v) is 5.06. The zero-order valence-corrected chi connectivity index (χ0v) is 19.5. The molecule has 2 aromatic rings. The number of nitro benzene ring substituents is 1. The summed E-state index contributed by atoms with van der Waals surface area (Å²) in [7, 11) is 0. The van der Waals surface area contributed by atoms with E-state index in [4.69, 9.17) is 21.7 Å². The van der Waals surface area contributed by atoms with E-state index in [0.717, 1.165) is 25.3 Å². The Balaban J connectivity index is 1.85. The molecule has 1 N–H and O–H groups in total. The zero-order valence-electron chi connectivity index (χ0n) is 18.7. The standard InChI is InChI=1S/C24H29FN2O5S/c1-2-3-4-5-6-7-13-31-24(28)17-32-22-16-19(25)11-12-21(22)26-23(33)15-18-9-8-10-20(14-18)27(29)30/h8-12,14,16H,2-7,13,15,17H2,1H3,(H,26,33). The number of unbranched alkanes of at least 4 members (excludes halogenated alkanes) is 5. The molecular formula is C24H29FN2O5S. The van der Waals surface area contributed by atoms with E-state index >= 15 is 0 Å². The Morgan fingerprint density at radius 2 is 1.88 bits per heavy atom. The highest BCUT2D eigenvalue weighted by atomic mass is 32.1. The lowest BCUT2D eigenvalue weighted by atomic mass is 10.1. The molecule has 0 fully saturated rings. The minimum absolute atomic E-state index is 0.0272. The van der Waals surface area contributed by atoms with E-state index in [-0.39, 0.29) is 24.5 Å². The summed E-state index contributed by atoms with van der Waals surface area (Å²) in [5, 5.41) is 13.9. The average Bonchev–Trinajstić information content (AvgIpc) is 2.78. The fourth-order valence-corrected chi connectivity index (χ4v) is 3.40. The molecule has 0 aliphatic carbocycles. The van der Waals surface area contributed by atoms with E-state index in [0.29, 0.717) is 22.8 Å². The van der Waals surface area contributed by atoms with E-state index < -0.39 is 16.7 Å². The first-order valence-corrected chi connectivity index (χ1v) is 11.4. The number of benzene rings is 2. The van der Waals surface area contributed by atoms with Gasteiger partial charge in [0.2, 0.25) is 0 Å². The summed E-state index contributed by atoms with van der Waals surface area (Å²) < 4.78 is 24.4. The van der Waals surface area contributed by atoms with Crippen LogP contribution in [0.3, 0.4) is 0 Å². The van der Waals surface area contributed by atoms with Gasteiger partial charge in [-0.3, -0.25) is 10.1 Å². The van der Waals surface area contributed by atoms with Crippen molar-refractivity contribution in [1.29, 1.82) is 0 Å². The number of rotatable bonds is 14. The molecule has 2 aromatic carbocycles. The molecule has 0 bridgehead atoms. The molecule has 0 saturated heterocycles. The van der Waals surface area contributed by atoms with Crippen molar-refractivity contribution >= 4 is 34.6 Å². The van der Waals surface area contributed by atoms with Crippen LogP contribution in [0.25, 0.3) is 0 Å². The average molecular weight is 477 g/mol. The van der Waals surface area contributed by atoms with Crippen molar-refractivity contribution < 1.29 is 23.6 Å². The van der Waals surface area contributed by atoms with E-state index in [2.05, 4.69) is 12.2 Å². The van der Waals surface area contributed by atoms with Crippen LogP contribution in [0.4, 0.5) is 15.8 Å². The lowest BCUT2D eigenvalue weighted by Crippen LogP contribution is -2.17. The van der Waals surface area contributed by atoms with E-state index in [1.165, 1.54) is 43.5 Å². The fraction of sp³-hybridized carbons (Fsp3) is 0.417. The Morgan fingerprint density at radius 1 is 1.12 bits per heavy atom. The molecule has 0 spiro atoms. The summed E-state index contributed by atoms with van der Waals surface area (Å²) in [6.07, 6.45) is 6.76. The van der Waals surface area contributed by atoms with E-state index in [9.17, 15) is 19.3 Å². The van der Waals surface area contributed by atoms with Gasteiger partial charge in [0.05, 0.1) is 22.2 Å². The molecule has 7 nitrogen and oxygen atoms in total. The number of halogens is 1. The van der Waals surface area contributed by atoms with Crippen molar-refractivity contribution in [3.63, 3.8) is 0 Å². The number of hydrogen-bond acceptors (Lipinski definition) is 6. The van der Waals surface area contributed by atoms with Crippen molar-refractivity contribution in [2.45, 2.75) is 51.9 Å². The van der Waals surface area contributed by atoms with Gasteiger partial charge in [-0.1, -0.05) is 63.4 Å². The number of carbonyl (C=O) groups excluding carboxylic acids is 1. The van der Waals surface area contributed by atoms with Crippen molar-refractivity contribution in [3.05, 3.63) is 64.0 Å². The fourth-order valence-electron chi connectivity index (χ4n) is 3.13. The summed E-state index contributed by atoms with van der Waals surface area (Å²) in [6, 6.07) is 9.99. The Hall–Kier alpha value is -3.07. The number of nitrogens with zero attached hydrogens (tertiary/aromatic N) is 1. The van der Waals surface area contributed by atoms with Crippen LogP contribution in [0.1, 0.15) is 51.0 Å². The molecule has 9 heteroatoms. The molecule has 178 valence electrons. The Labute approximate surface area is 198 Å². The predicted molar refractivity (Wildman–Crippen MR) is 129 cm³/mol. The highest BCUT2D eigenvalue weighted by Gasteiger charge is 2.12. The molecule has 0 amide bonds. The number of esters is 1. The molecule has 2 rings (SSSR count). The second kappa shape index (κ2) is 14.2. The highest BCUT2D eigenvalue weighted by molar-refractivity contribution is 7.80. The van der Waals surface area contributed by atoms with Crippen molar-refractivity contribution in [1.82, 2.24) is 0 Å². The molecule has 0 heterocycles.